The van der Waals surface area contributed by atoms with Gasteiger partial charge in [-0.3, -0.25) is 9.89 Å². The van der Waals surface area contributed by atoms with Gasteiger partial charge in [0.25, 0.3) is 5.91 Å². The van der Waals surface area contributed by atoms with Gasteiger partial charge in [-0.05, 0) is 69.7 Å². The third kappa shape index (κ3) is 6.07. The Kier molecular flexibility index (Phi) is 7.17. The summed E-state index contributed by atoms with van der Waals surface area (Å²) in [6.45, 7) is 6.14. The minimum Gasteiger partial charge on any atom is -0.444 e. The van der Waals surface area contributed by atoms with E-state index in [2.05, 4.69) is 10.2 Å². The van der Waals surface area contributed by atoms with Gasteiger partial charge in [0.15, 0.2) is 5.69 Å². The summed E-state index contributed by atoms with van der Waals surface area (Å²) in [7, 11) is 0. The molecule has 3 heterocycles. The Morgan fingerprint density at radius 2 is 1.50 bits per heavy atom. The van der Waals surface area contributed by atoms with Crippen molar-refractivity contribution in [3.05, 3.63) is 51.8 Å². The number of benzene rings is 1. The standard InChI is InChI=1S/C25H28F6N4O3/c1-23(2,3)38-22(37)35-9-6-18-19(13-35)32-33-20(18)21(36)34-7-4-14(5-8-34)15-10-16(24(26,27)28)12-17(11-15)25(29,30)31/h10-12,14H,4-9,13H2,1-3H3,(H,32,33). The van der Waals surface area contributed by atoms with Crippen molar-refractivity contribution in [1.82, 2.24) is 20.0 Å². The van der Waals surface area contributed by atoms with E-state index in [0.29, 0.717) is 24.2 Å². The van der Waals surface area contributed by atoms with Crippen molar-refractivity contribution in [2.24, 2.45) is 0 Å². The molecule has 2 aromatic rings. The molecule has 1 aromatic carbocycles. The number of hydrogen-bond acceptors (Lipinski definition) is 4. The van der Waals surface area contributed by atoms with E-state index in [1.165, 1.54) is 9.80 Å². The zero-order chi connectivity index (χ0) is 28.0. The zero-order valence-electron chi connectivity index (χ0n) is 21.1. The molecule has 2 amide bonds. The highest BCUT2D eigenvalue weighted by molar-refractivity contribution is 5.94. The number of hydrogen-bond donors (Lipinski definition) is 1. The van der Waals surface area contributed by atoms with Gasteiger partial charge in [-0.1, -0.05) is 0 Å². The minimum atomic E-state index is -4.91. The van der Waals surface area contributed by atoms with Crippen LogP contribution in [0.15, 0.2) is 18.2 Å². The molecule has 7 nitrogen and oxygen atoms in total. The average molecular weight is 547 g/mol. The number of halogens is 6. The topological polar surface area (TPSA) is 78.5 Å². The first-order valence-corrected chi connectivity index (χ1v) is 12.2. The fraction of sp³-hybridized carbons (Fsp3) is 0.560. The molecule has 0 atom stereocenters. The lowest BCUT2D eigenvalue weighted by molar-refractivity contribution is -0.143. The van der Waals surface area contributed by atoms with Crippen LogP contribution in [0.2, 0.25) is 0 Å². The van der Waals surface area contributed by atoms with Crippen LogP contribution in [0.3, 0.4) is 0 Å². The number of fused-ring (bicyclic) bond motifs is 1. The Hall–Kier alpha value is -3.25. The van der Waals surface area contributed by atoms with E-state index in [1.54, 1.807) is 20.8 Å². The molecule has 13 heteroatoms. The Morgan fingerprint density at radius 1 is 0.921 bits per heavy atom. The maximum Gasteiger partial charge on any atom is 0.416 e. The first-order chi connectivity index (χ1) is 17.5. The third-order valence-corrected chi connectivity index (χ3v) is 6.65. The Balaban J connectivity index is 1.44. The van der Waals surface area contributed by atoms with E-state index >= 15 is 0 Å². The van der Waals surface area contributed by atoms with Crippen LogP contribution in [0.25, 0.3) is 0 Å². The van der Waals surface area contributed by atoms with E-state index in [9.17, 15) is 35.9 Å². The van der Waals surface area contributed by atoms with Crippen LogP contribution in [0.1, 0.15) is 78.0 Å². The number of alkyl halides is 6. The molecular formula is C25H28F6N4O3. The summed E-state index contributed by atoms with van der Waals surface area (Å²) >= 11 is 0. The number of H-pyrrole nitrogens is 1. The fourth-order valence-corrected chi connectivity index (χ4v) is 4.76. The summed E-state index contributed by atoms with van der Waals surface area (Å²) in [5.74, 6) is -0.926. The van der Waals surface area contributed by atoms with Crippen molar-refractivity contribution < 1.29 is 40.7 Å². The SMILES string of the molecule is CC(C)(C)OC(=O)N1CCc2c(C(=O)N3CCC(c4cc(C(F)(F)F)cc(C(F)(F)F)c4)CC3)n[nH]c2C1. The average Bonchev–Trinajstić information content (AvgIpc) is 3.24. The van der Waals surface area contributed by atoms with Crippen molar-refractivity contribution in [2.75, 3.05) is 19.6 Å². The maximum absolute atomic E-state index is 13.2. The van der Waals surface area contributed by atoms with Crippen LogP contribution in [-0.4, -0.2) is 57.2 Å². The molecule has 0 spiro atoms. The number of amides is 2. The Bertz CT molecular complexity index is 1170. The molecule has 1 fully saturated rings. The quantitative estimate of drug-likeness (QED) is 0.486. The highest BCUT2D eigenvalue weighted by Gasteiger charge is 2.38. The van der Waals surface area contributed by atoms with E-state index in [1.807, 2.05) is 0 Å². The highest BCUT2D eigenvalue weighted by atomic mass is 19.4. The molecule has 1 N–H and O–H groups in total. The first-order valence-electron chi connectivity index (χ1n) is 12.2. The fourth-order valence-electron chi connectivity index (χ4n) is 4.76. The second-order valence-electron chi connectivity index (χ2n) is 10.6. The summed E-state index contributed by atoms with van der Waals surface area (Å²) in [6, 6.07) is 1.64. The number of carbonyl (C=O) groups excluding carboxylic acids is 2. The third-order valence-electron chi connectivity index (χ3n) is 6.65. The number of ether oxygens (including phenoxy) is 1. The van der Waals surface area contributed by atoms with Gasteiger partial charge < -0.3 is 14.5 Å². The molecule has 0 bridgehead atoms. The van der Waals surface area contributed by atoms with Crippen LogP contribution >= 0.6 is 0 Å². The van der Waals surface area contributed by atoms with Crippen molar-refractivity contribution in [1.29, 1.82) is 0 Å². The number of aromatic nitrogens is 2. The number of likely N-dealkylation sites (tertiary alicyclic amines) is 1. The molecule has 2 aliphatic rings. The largest absolute Gasteiger partial charge is 0.444 e. The molecule has 0 radical (unpaired) electrons. The molecule has 0 aliphatic carbocycles. The lowest BCUT2D eigenvalue weighted by Gasteiger charge is -2.33. The lowest BCUT2D eigenvalue weighted by Crippen LogP contribution is -2.41. The number of carbonyl (C=O) groups is 2. The van der Waals surface area contributed by atoms with Crippen LogP contribution < -0.4 is 0 Å². The van der Waals surface area contributed by atoms with Gasteiger partial charge in [-0.2, -0.15) is 31.4 Å². The van der Waals surface area contributed by atoms with Crippen molar-refractivity contribution >= 4 is 12.0 Å². The normalized spacial score (nSPS) is 17.4. The summed E-state index contributed by atoms with van der Waals surface area (Å²) in [6.07, 6.45) is -9.49. The van der Waals surface area contributed by atoms with E-state index in [4.69, 9.17) is 4.74 Å². The highest BCUT2D eigenvalue weighted by Crippen LogP contribution is 2.39. The summed E-state index contributed by atoms with van der Waals surface area (Å²) in [5, 5.41) is 6.96. The van der Waals surface area contributed by atoms with Crippen LogP contribution in [0.5, 0.6) is 0 Å². The number of aromatic amines is 1. The monoisotopic (exact) mass is 546 g/mol. The van der Waals surface area contributed by atoms with Gasteiger partial charge >= 0.3 is 18.4 Å². The van der Waals surface area contributed by atoms with Crippen molar-refractivity contribution in [2.45, 2.75) is 70.4 Å². The molecule has 2 aliphatic heterocycles. The Labute approximate surface area is 215 Å². The predicted molar refractivity (Wildman–Crippen MR) is 123 cm³/mol. The maximum atomic E-state index is 13.2. The molecule has 1 saturated heterocycles. The van der Waals surface area contributed by atoms with Gasteiger partial charge in [0.2, 0.25) is 0 Å². The van der Waals surface area contributed by atoms with Gasteiger partial charge in [0.05, 0.1) is 23.4 Å². The zero-order valence-corrected chi connectivity index (χ0v) is 21.1. The second kappa shape index (κ2) is 9.81. The molecule has 38 heavy (non-hydrogen) atoms. The van der Waals surface area contributed by atoms with Gasteiger partial charge in [0, 0.05) is 25.2 Å². The van der Waals surface area contributed by atoms with Crippen LogP contribution in [-0.2, 0) is 30.1 Å². The number of rotatable bonds is 2. The lowest BCUT2D eigenvalue weighted by atomic mass is 9.87. The van der Waals surface area contributed by atoms with Crippen molar-refractivity contribution in [3.8, 4) is 0 Å². The van der Waals surface area contributed by atoms with E-state index in [0.717, 1.165) is 12.1 Å². The molecule has 1 aromatic heterocycles. The van der Waals surface area contributed by atoms with Gasteiger partial charge in [-0.25, -0.2) is 4.79 Å². The molecule has 0 saturated carbocycles. The molecule has 4 rings (SSSR count). The van der Waals surface area contributed by atoms with Gasteiger partial charge in [0.1, 0.15) is 5.60 Å². The van der Waals surface area contributed by atoms with Crippen LogP contribution in [0, 0.1) is 0 Å². The number of nitrogens with zero attached hydrogens (tertiary/aromatic N) is 3. The minimum absolute atomic E-state index is 0.0429. The number of nitrogens with one attached hydrogen (secondary N) is 1. The summed E-state index contributed by atoms with van der Waals surface area (Å²) in [5.41, 5.74) is -1.87. The first kappa shape index (κ1) is 27.8. The summed E-state index contributed by atoms with van der Waals surface area (Å²) in [4.78, 5) is 28.6. The smallest absolute Gasteiger partial charge is 0.416 e. The number of piperidine rings is 1. The molecular weight excluding hydrogens is 518 g/mol. The Morgan fingerprint density at radius 3 is 2.03 bits per heavy atom. The van der Waals surface area contributed by atoms with E-state index < -0.39 is 41.1 Å². The van der Waals surface area contributed by atoms with Gasteiger partial charge in [-0.15, -0.1) is 0 Å². The van der Waals surface area contributed by atoms with E-state index in [-0.39, 0.29) is 55.7 Å². The predicted octanol–water partition coefficient (Wildman–Crippen LogP) is 5.76. The summed E-state index contributed by atoms with van der Waals surface area (Å²) < 4.78 is 84.9. The molecule has 0 unspecified atom stereocenters. The van der Waals surface area contributed by atoms with Crippen molar-refractivity contribution in [3.63, 3.8) is 0 Å². The second-order valence-corrected chi connectivity index (χ2v) is 10.6. The van der Waals surface area contributed by atoms with Crippen LogP contribution in [0.4, 0.5) is 31.1 Å². The molecule has 208 valence electrons.